The van der Waals surface area contributed by atoms with Crippen LogP contribution in [0.5, 0.6) is 0 Å². The van der Waals surface area contributed by atoms with Crippen LogP contribution < -0.4 is 0 Å². The zero-order valence-corrected chi connectivity index (χ0v) is 10.6. The molecule has 0 bridgehead atoms. The van der Waals surface area contributed by atoms with Crippen molar-refractivity contribution < 1.29 is 0 Å². The van der Waals surface area contributed by atoms with Gasteiger partial charge in [-0.2, -0.15) is 0 Å². The third-order valence-corrected chi connectivity index (χ3v) is 3.12. The molecule has 0 saturated heterocycles. The molecule has 1 aromatic rings. The lowest BCUT2D eigenvalue weighted by atomic mass is 10.0. The van der Waals surface area contributed by atoms with Crippen LogP contribution >= 0.6 is 11.6 Å². The minimum absolute atomic E-state index is 0.848. The minimum atomic E-state index is 0.848. The summed E-state index contributed by atoms with van der Waals surface area (Å²) in [5.41, 5.74) is 3.53. The van der Waals surface area contributed by atoms with E-state index in [1.54, 1.807) is 0 Å². The van der Waals surface area contributed by atoms with Gasteiger partial charge in [-0.25, -0.2) is 0 Å². The number of benzene rings is 1. The molecule has 0 unspecified atom stereocenters. The van der Waals surface area contributed by atoms with Crippen LogP contribution in [-0.4, -0.2) is 0 Å². The molecule has 1 aromatic carbocycles. The Bertz CT molecular complexity index is 516. The number of allylic oxidation sites excluding steroid dienone is 8. The van der Waals surface area contributed by atoms with E-state index in [-0.39, 0.29) is 0 Å². The molecule has 0 N–H and O–H groups in total. The number of hydrogen-bond acceptors (Lipinski definition) is 0. The highest BCUT2D eigenvalue weighted by Gasteiger charge is 2.02. The van der Waals surface area contributed by atoms with Gasteiger partial charge in [0, 0.05) is 5.02 Å². The monoisotopic (exact) mass is 242 g/mol. The molecule has 1 heteroatoms. The van der Waals surface area contributed by atoms with Gasteiger partial charge in [-0.15, -0.1) is 0 Å². The first-order valence-electron chi connectivity index (χ1n) is 5.82. The van der Waals surface area contributed by atoms with Gasteiger partial charge in [0.25, 0.3) is 0 Å². The van der Waals surface area contributed by atoms with Gasteiger partial charge in [0.2, 0.25) is 0 Å². The van der Waals surface area contributed by atoms with Gasteiger partial charge in [0.1, 0.15) is 0 Å². The smallest absolute Gasteiger partial charge is 0.0444 e. The first-order valence-corrected chi connectivity index (χ1v) is 6.19. The fourth-order valence-corrected chi connectivity index (χ4v) is 2.09. The first-order chi connectivity index (χ1) is 8.31. The van der Waals surface area contributed by atoms with Crippen molar-refractivity contribution >= 4 is 17.2 Å². The van der Waals surface area contributed by atoms with E-state index < -0.39 is 0 Å². The average Bonchev–Trinajstić information content (AvgIpc) is 2.28. The van der Waals surface area contributed by atoms with E-state index in [0.717, 1.165) is 17.0 Å². The predicted octanol–water partition coefficient (Wildman–Crippen LogP) is 4.97. The second kappa shape index (κ2) is 5.70. The Labute approximate surface area is 108 Å². The highest BCUT2D eigenvalue weighted by molar-refractivity contribution is 6.31. The SMILES string of the molecule is CCc1ccc(C2=C/C=C\C=C/C=C2)cc1Cl. The zero-order chi connectivity index (χ0) is 12.1. The van der Waals surface area contributed by atoms with Gasteiger partial charge in [-0.1, -0.05) is 73.2 Å². The molecule has 0 nitrogen and oxygen atoms in total. The van der Waals surface area contributed by atoms with Crippen molar-refractivity contribution in [3.8, 4) is 0 Å². The van der Waals surface area contributed by atoms with Crippen LogP contribution in [-0.2, 0) is 6.42 Å². The summed E-state index contributed by atoms with van der Waals surface area (Å²) < 4.78 is 0. The first kappa shape index (κ1) is 11.9. The normalized spacial score (nSPS) is 18.1. The second-order valence-corrected chi connectivity index (χ2v) is 4.32. The lowest BCUT2D eigenvalue weighted by Crippen LogP contribution is -1.86. The maximum absolute atomic E-state index is 6.24. The van der Waals surface area contributed by atoms with Crippen LogP contribution in [0.2, 0.25) is 5.02 Å². The molecule has 0 atom stereocenters. The van der Waals surface area contributed by atoms with Crippen molar-refractivity contribution in [3.05, 3.63) is 76.9 Å². The molecule has 17 heavy (non-hydrogen) atoms. The molecule has 86 valence electrons. The molecule has 0 aromatic heterocycles. The van der Waals surface area contributed by atoms with Gasteiger partial charge in [-0.3, -0.25) is 0 Å². The van der Waals surface area contributed by atoms with E-state index in [0.29, 0.717) is 0 Å². The Hall–Kier alpha value is -1.53. The predicted molar refractivity (Wildman–Crippen MR) is 76.2 cm³/mol. The van der Waals surface area contributed by atoms with E-state index in [1.807, 2.05) is 36.4 Å². The topological polar surface area (TPSA) is 0 Å². The summed E-state index contributed by atoms with van der Waals surface area (Å²) in [5.74, 6) is 0. The molecular weight excluding hydrogens is 228 g/mol. The van der Waals surface area contributed by atoms with Crippen molar-refractivity contribution in [2.75, 3.05) is 0 Å². The molecule has 1 aliphatic carbocycles. The molecule has 0 heterocycles. The van der Waals surface area contributed by atoms with Gasteiger partial charge in [0.15, 0.2) is 0 Å². The summed E-state index contributed by atoms with van der Waals surface area (Å²) >= 11 is 6.24. The molecule has 2 rings (SSSR count). The molecular formula is C16H15Cl. The maximum atomic E-state index is 6.24. The number of halogens is 1. The third kappa shape index (κ3) is 2.98. The van der Waals surface area contributed by atoms with Crippen LogP contribution in [0.4, 0.5) is 0 Å². The summed E-state index contributed by atoms with van der Waals surface area (Å²) in [6.45, 7) is 2.11. The van der Waals surface area contributed by atoms with Crippen molar-refractivity contribution in [2.24, 2.45) is 0 Å². The highest BCUT2D eigenvalue weighted by Crippen LogP contribution is 2.24. The molecule has 0 aliphatic heterocycles. The Balaban J connectivity index is 2.37. The Kier molecular flexibility index (Phi) is 4.00. The summed E-state index contributed by atoms with van der Waals surface area (Å²) in [5, 5.41) is 0.848. The quantitative estimate of drug-likeness (QED) is 0.687. The molecule has 0 fully saturated rings. The van der Waals surface area contributed by atoms with Crippen molar-refractivity contribution in [2.45, 2.75) is 13.3 Å². The van der Waals surface area contributed by atoms with Crippen LogP contribution in [0.15, 0.2) is 60.7 Å². The summed E-state index contributed by atoms with van der Waals surface area (Å²) in [4.78, 5) is 0. The number of rotatable bonds is 2. The average molecular weight is 243 g/mol. The largest absolute Gasteiger partial charge is 0.0840 e. The fourth-order valence-electron chi connectivity index (χ4n) is 1.77. The summed E-state index contributed by atoms with van der Waals surface area (Å²) in [6, 6.07) is 6.26. The molecule has 1 aliphatic rings. The Morgan fingerprint density at radius 1 is 1.00 bits per heavy atom. The standard InChI is InChI=1S/C16H15Cl/c1-2-13-10-11-15(12-16(13)17)14-8-6-4-3-5-7-9-14/h3-12H,2H2,1H3/b4-3-,5-3?,6-4?,7-5-,8-6?,9-7?,14-8?,14-9?. The second-order valence-electron chi connectivity index (χ2n) is 3.91. The van der Waals surface area contributed by atoms with E-state index in [9.17, 15) is 0 Å². The Morgan fingerprint density at radius 3 is 2.53 bits per heavy atom. The summed E-state index contributed by atoms with van der Waals surface area (Å²) in [7, 11) is 0. The van der Waals surface area contributed by atoms with Crippen molar-refractivity contribution in [1.82, 2.24) is 0 Å². The van der Waals surface area contributed by atoms with Gasteiger partial charge < -0.3 is 0 Å². The number of hydrogen-bond donors (Lipinski definition) is 0. The van der Waals surface area contributed by atoms with Crippen molar-refractivity contribution in [3.63, 3.8) is 0 Å². The van der Waals surface area contributed by atoms with Crippen LogP contribution in [0.3, 0.4) is 0 Å². The number of aryl methyl sites for hydroxylation is 1. The van der Waals surface area contributed by atoms with Gasteiger partial charge >= 0.3 is 0 Å². The van der Waals surface area contributed by atoms with E-state index in [4.69, 9.17) is 11.6 Å². The van der Waals surface area contributed by atoms with E-state index in [1.165, 1.54) is 11.1 Å². The lowest BCUT2D eigenvalue weighted by molar-refractivity contribution is 1.14. The molecule has 0 spiro atoms. The lowest BCUT2D eigenvalue weighted by Gasteiger charge is -2.06. The van der Waals surface area contributed by atoms with Crippen molar-refractivity contribution in [1.29, 1.82) is 0 Å². The summed E-state index contributed by atoms with van der Waals surface area (Å²) in [6.07, 6.45) is 15.3. The third-order valence-electron chi connectivity index (χ3n) is 2.76. The minimum Gasteiger partial charge on any atom is -0.0840 e. The van der Waals surface area contributed by atoms with Crippen LogP contribution in [0.1, 0.15) is 18.1 Å². The van der Waals surface area contributed by atoms with Crippen LogP contribution in [0.25, 0.3) is 5.57 Å². The van der Waals surface area contributed by atoms with Gasteiger partial charge in [0.05, 0.1) is 0 Å². The van der Waals surface area contributed by atoms with E-state index in [2.05, 4.69) is 31.2 Å². The van der Waals surface area contributed by atoms with Gasteiger partial charge in [-0.05, 0) is 29.2 Å². The van der Waals surface area contributed by atoms with E-state index >= 15 is 0 Å². The Morgan fingerprint density at radius 2 is 1.76 bits per heavy atom. The fraction of sp³-hybridized carbons (Fsp3) is 0.125. The van der Waals surface area contributed by atoms with Crippen LogP contribution in [0, 0.1) is 0 Å². The zero-order valence-electron chi connectivity index (χ0n) is 9.86. The highest BCUT2D eigenvalue weighted by atomic mass is 35.5. The molecule has 0 saturated carbocycles. The maximum Gasteiger partial charge on any atom is 0.0444 e. The molecule has 0 radical (unpaired) electrons. The molecule has 0 amide bonds.